The fourth-order valence-electron chi connectivity index (χ4n) is 4.05. The van der Waals surface area contributed by atoms with E-state index in [2.05, 4.69) is 41.6 Å². The molecule has 1 saturated heterocycles. The summed E-state index contributed by atoms with van der Waals surface area (Å²) < 4.78 is 1.81. The van der Waals surface area contributed by atoms with Gasteiger partial charge < -0.3 is 10.2 Å². The molecule has 0 aliphatic carbocycles. The number of rotatable bonds is 7. The number of benzene rings is 2. The van der Waals surface area contributed by atoms with Gasteiger partial charge in [-0.15, -0.1) is 0 Å². The van der Waals surface area contributed by atoms with Crippen molar-refractivity contribution in [3.63, 3.8) is 0 Å². The molecule has 6 nitrogen and oxygen atoms in total. The van der Waals surface area contributed by atoms with Crippen molar-refractivity contribution < 1.29 is 9.59 Å². The van der Waals surface area contributed by atoms with Crippen molar-refractivity contribution in [1.29, 1.82) is 0 Å². The third-order valence-corrected chi connectivity index (χ3v) is 6.13. The first-order valence-corrected chi connectivity index (χ1v) is 11.5. The molecule has 170 valence electrons. The molecule has 1 aliphatic rings. The van der Waals surface area contributed by atoms with Crippen LogP contribution in [0.4, 0.5) is 5.82 Å². The van der Waals surface area contributed by atoms with E-state index in [4.69, 9.17) is 0 Å². The molecular formula is C27H30N4O2. The molecule has 0 unspecified atom stereocenters. The van der Waals surface area contributed by atoms with Gasteiger partial charge in [-0.3, -0.25) is 9.59 Å². The van der Waals surface area contributed by atoms with Crippen LogP contribution < -0.4 is 5.32 Å². The summed E-state index contributed by atoms with van der Waals surface area (Å²) in [4.78, 5) is 27.2. The van der Waals surface area contributed by atoms with E-state index < -0.39 is 0 Å². The summed E-state index contributed by atoms with van der Waals surface area (Å²) in [6.07, 6.45) is 7.47. The Morgan fingerprint density at radius 1 is 1.00 bits per heavy atom. The van der Waals surface area contributed by atoms with E-state index in [0.717, 1.165) is 17.5 Å². The molecule has 0 saturated carbocycles. The third kappa shape index (κ3) is 5.98. The average molecular weight is 443 g/mol. The first-order valence-electron chi connectivity index (χ1n) is 11.5. The minimum absolute atomic E-state index is 0.00925. The van der Waals surface area contributed by atoms with Gasteiger partial charge in [0, 0.05) is 31.1 Å². The number of amides is 2. The highest BCUT2D eigenvalue weighted by Gasteiger charge is 2.27. The van der Waals surface area contributed by atoms with E-state index in [1.54, 1.807) is 12.3 Å². The molecule has 1 aliphatic heterocycles. The van der Waals surface area contributed by atoms with Crippen LogP contribution in [-0.2, 0) is 22.6 Å². The van der Waals surface area contributed by atoms with Gasteiger partial charge in [0.2, 0.25) is 11.8 Å². The molecule has 1 aromatic heterocycles. The summed E-state index contributed by atoms with van der Waals surface area (Å²) in [5, 5.41) is 7.41. The van der Waals surface area contributed by atoms with E-state index in [1.165, 1.54) is 5.56 Å². The molecule has 33 heavy (non-hydrogen) atoms. The lowest BCUT2D eigenvalue weighted by atomic mass is 9.96. The van der Waals surface area contributed by atoms with Crippen LogP contribution in [0.5, 0.6) is 0 Å². The monoisotopic (exact) mass is 442 g/mol. The molecular weight excluding hydrogens is 412 g/mol. The number of anilines is 1. The summed E-state index contributed by atoms with van der Waals surface area (Å²) in [5.41, 5.74) is 3.44. The van der Waals surface area contributed by atoms with Crippen LogP contribution >= 0.6 is 0 Å². The van der Waals surface area contributed by atoms with Crippen LogP contribution in [0.3, 0.4) is 0 Å². The molecule has 6 heteroatoms. The van der Waals surface area contributed by atoms with Crippen LogP contribution in [0.25, 0.3) is 6.08 Å². The average Bonchev–Trinajstić information content (AvgIpc) is 3.30. The van der Waals surface area contributed by atoms with Crippen molar-refractivity contribution in [2.24, 2.45) is 5.92 Å². The Balaban J connectivity index is 1.28. The summed E-state index contributed by atoms with van der Waals surface area (Å²) >= 11 is 0. The largest absolute Gasteiger partial charge is 0.339 e. The fraction of sp³-hybridized carbons (Fsp3) is 0.296. The van der Waals surface area contributed by atoms with Gasteiger partial charge in [0.1, 0.15) is 5.82 Å². The molecule has 3 aromatic rings. The number of piperidine rings is 1. The van der Waals surface area contributed by atoms with Gasteiger partial charge in [-0.25, -0.2) is 4.68 Å². The third-order valence-electron chi connectivity index (χ3n) is 6.13. The normalized spacial score (nSPS) is 14.5. The number of aromatic nitrogens is 2. The van der Waals surface area contributed by atoms with Crippen LogP contribution in [0.2, 0.25) is 0 Å². The van der Waals surface area contributed by atoms with E-state index >= 15 is 0 Å². The van der Waals surface area contributed by atoms with Crippen LogP contribution in [-0.4, -0.2) is 39.6 Å². The topological polar surface area (TPSA) is 67.2 Å². The number of hydrogen-bond acceptors (Lipinski definition) is 3. The van der Waals surface area contributed by atoms with Crippen LogP contribution in [0, 0.1) is 5.92 Å². The first-order chi connectivity index (χ1) is 16.1. The Morgan fingerprint density at radius 2 is 1.70 bits per heavy atom. The van der Waals surface area contributed by atoms with Gasteiger partial charge in [-0.2, -0.15) is 5.10 Å². The van der Waals surface area contributed by atoms with Crippen molar-refractivity contribution in [2.75, 3.05) is 18.4 Å². The Labute approximate surface area is 194 Å². The zero-order chi connectivity index (χ0) is 23.0. The van der Waals surface area contributed by atoms with E-state index in [0.29, 0.717) is 38.3 Å². The fourth-order valence-corrected chi connectivity index (χ4v) is 4.05. The van der Waals surface area contributed by atoms with Crippen molar-refractivity contribution in [3.8, 4) is 0 Å². The molecule has 1 fully saturated rings. The second-order valence-corrected chi connectivity index (χ2v) is 8.38. The molecule has 2 heterocycles. The van der Waals surface area contributed by atoms with Crippen LogP contribution in [0.1, 0.15) is 36.5 Å². The quantitative estimate of drug-likeness (QED) is 0.552. The summed E-state index contributed by atoms with van der Waals surface area (Å²) in [7, 11) is 0. The molecule has 4 rings (SSSR count). The molecule has 0 spiro atoms. The molecule has 0 radical (unpaired) electrons. The number of hydrogen-bond donors (Lipinski definition) is 1. The Hall–Kier alpha value is -3.67. The minimum atomic E-state index is -0.112. The highest BCUT2D eigenvalue weighted by molar-refractivity contribution is 5.93. The van der Waals surface area contributed by atoms with Gasteiger partial charge in [0.15, 0.2) is 0 Å². The number of nitrogens with one attached hydrogen (secondary N) is 1. The van der Waals surface area contributed by atoms with Crippen molar-refractivity contribution in [2.45, 2.75) is 32.7 Å². The molecule has 2 aromatic carbocycles. The zero-order valence-electron chi connectivity index (χ0n) is 19.0. The number of carbonyl (C=O) groups is 2. The van der Waals surface area contributed by atoms with Crippen molar-refractivity contribution in [3.05, 3.63) is 89.6 Å². The van der Waals surface area contributed by atoms with E-state index in [1.807, 2.05) is 52.1 Å². The lowest BCUT2D eigenvalue weighted by Gasteiger charge is -2.30. The van der Waals surface area contributed by atoms with Gasteiger partial charge in [-0.1, -0.05) is 61.5 Å². The number of nitrogens with zero attached hydrogens (tertiary/aromatic N) is 3. The van der Waals surface area contributed by atoms with Crippen molar-refractivity contribution in [1.82, 2.24) is 14.7 Å². The number of aryl methyl sites for hydroxylation is 1. The second kappa shape index (κ2) is 10.8. The molecule has 0 atom stereocenters. The van der Waals surface area contributed by atoms with E-state index in [-0.39, 0.29) is 17.7 Å². The highest BCUT2D eigenvalue weighted by Crippen LogP contribution is 2.20. The Kier molecular flexibility index (Phi) is 7.35. The second-order valence-electron chi connectivity index (χ2n) is 8.38. The Morgan fingerprint density at radius 3 is 2.39 bits per heavy atom. The van der Waals surface area contributed by atoms with Gasteiger partial charge in [0.25, 0.3) is 0 Å². The predicted molar refractivity (Wildman–Crippen MR) is 131 cm³/mol. The van der Waals surface area contributed by atoms with Gasteiger partial charge in [0.05, 0.1) is 12.7 Å². The maximum atomic E-state index is 12.9. The van der Waals surface area contributed by atoms with Gasteiger partial charge in [-0.05, 0) is 42.0 Å². The number of likely N-dealkylation sites (tertiary alicyclic amines) is 1. The van der Waals surface area contributed by atoms with Crippen LogP contribution in [0.15, 0.2) is 72.9 Å². The number of carbonyl (C=O) groups excluding carboxylic acids is 2. The smallest absolute Gasteiger partial charge is 0.246 e. The standard InChI is InChI=1S/C27H30N4O2/c1-2-21-8-10-23(11-9-21)20-31-25(14-17-28-31)29-27(33)24-15-18-30(19-16-24)26(32)13-12-22-6-4-3-5-7-22/h3-14,17,24H,2,15-16,18-20H2,1H3,(H,29,33)/b13-12+. The summed E-state index contributed by atoms with van der Waals surface area (Å²) in [5.74, 6) is 0.568. The summed E-state index contributed by atoms with van der Waals surface area (Å²) in [6, 6.07) is 20.1. The lowest BCUT2D eigenvalue weighted by Crippen LogP contribution is -2.40. The molecule has 0 bridgehead atoms. The summed E-state index contributed by atoms with van der Waals surface area (Å²) in [6.45, 7) is 3.91. The minimum Gasteiger partial charge on any atom is -0.339 e. The zero-order valence-corrected chi connectivity index (χ0v) is 19.0. The van der Waals surface area contributed by atoms with E-state index in [9.17, 15) is 9.59 Å². The molecule has 1 N–H and O–H groups in total. The maximum Gasteiger partial charge on any atom is 0.246 e. The lowest BCUT2D eigenvalue weighted by molar-refractivity contribution is -0.130. The first kappa shape index (κ1) is 22.5. The van der Waals surface area contributed by atoms with Crippen molar-refractivity contribution >= 4 is 23.7 Å². The SMILES string of the molecule is CCc1ccc(Cn2nccc2NC(=O)C2CCN(C(=O)/C=C/c3ccccc3)CC2)cc1. The van der Waals surface area contributed by atoms with Gasteiger partial charge >= 0.3 is 0 Å². The maximum absolute atomic E-state index is 12.9. The molecule has 2 amide bonds. The Bertz CT molecular complexity index is 1090. The highest BCUT2D eigenvalue weighted by atomic mass is 16.2. The predicted octanol–water partition coefficient (Wildman–Crippen LogP) is 4.38.